The zero-order chi connectivity index (χ0) is 13.8. The molecule has 0 aromatic rings. The van der Waals surface area contributed by atoms with Gasteiger partial charge in [-0.3, -0.25) is 9.59 Å². The highest BCUT2D eigenvalue weighted by Gasteiger charge is 2.31. The molecule has 5 heteroatoms. The van der Waals surface area contributed by atoms with Crippen molar-refractivity contribution in [1.82, 2.24) is 4.90 Å². The van der Waals surface area contributed by atoms with Crippen molar-refractivity contribution < 1.29 is 19.1 Å². The quantitative estimate of drug-likeness (QED) is 0.707. The predicted octanol–water partition coefficient (Wildman–Crippen LogP) is 1.36. The lowest BCUT2D eigenvalue weighted by molar-refractivity contribution is -0.148. The molecule has 0 heterocycles. The normalized spacial score (nSPS) is 26.8. The predicted molar refractivity (Wildman–Crippen MR) is 69.5 cm³/mol. The molecule has 0 spiro atoms. The zero-order valence-corrected chi connectivity index (χ0v) is 11.8. The van der Waals surface area contributed by atoms with E-state index in [1.54, 1.807) is 4.90 Å². The fourth-order valence-corrected chi connectivity index (χ4v) is 2.59. The van der Waals surface area contributed by atoms with Crippen LogP contribution in [0.3, 0.4) is 0 Å². The Hall–Kier alpha value is -1.10. The maximum atomic E-state index is 11.8. The van der Waals surface area contributed by atoms with Crippen molar-refractivity contribution in [2.24, 2.45) is 5.92 Å². The second kappa shape index (κ2) is 6.37. The first-order valence-corrected chi connectivity index (χ1v) is 7.07. The molecule has 1 amide bonds. The number of esters is 1. The summed E-state index contributed by atoms with van der Waals surface area (Å²) in [4.78, 5) is 25.0. The second-order valence-corrected chi connectivity index (χ2v) is 5.54. The molecule has 0 aromatic heterocycles. The van der Waals surface area contributed by atoms with Gasteiger partial charge in [-0.1, -0.05) is 0 Å². The molecule has 108 valence electrons. The third kappa shape index (κ3) is 3.93. The van der Waals surface area contributed by atoms with Gasteiger partial charge in [0, 0.05) is 13.1 Å². The Morgan fingerprint density at radius 2 is 1.74 bits per heavy atom. The molecule has 2 aliphatic carbocycles. The van der Waals surface area contributed by atoms with E-state index >= 15 is 0 Å². The summed E-state index contributed by atoms with van der Waals surface area (Å²) in [6.07, 6.45) is 5.60. The first-order valence-electron chi connectivity index (χ1n) is 7.07. The molecule has 5 nitrogen and oxygen atoms in total. The van der Waals surface area contributed by atoms with Crippen molar-refractivity contribution in [3.63, 3.8) is 0 Å². The third-order valence-electron chi connectivity index (χ3n) is 4.14. The van der Waals surface area contributed by atoms with Crippen molar-refractivity contribution in [3.05, 3.63) is 0 Å². The summed E-state index contributed by atoms with van der Waals surface area (Å²) < 4.78 is 10.4. The Labute approximate surface area is 114 Å². The lowest BCUT2D eigenvalue weighted by atomic mass is 9.87. The van der Waals surface area contributed by atoms with Gasteiger partial charge in [-0.15, -0.1) is 0 Å². The van der Waals surface area contributed by atoms with E-state index in [9.17, 15) is 9.59 Å². The Kier molecular flexibility index (Phi) is 4.80. The van der Waals surface area contributed by atoms with Crippen molar-refractivity contribution in [2.75, 3.05) is 20.8 Å². The molecule has 0 radical (unpaired) electrons. The van der Waals surface area contributed by atoms with E-state index in [0.717, 1.165) is 38.5 Å². The minimum absolute atomic E-state index is 0.00897. The molecule has 19 heavy (non-hydrogen) atoms. The molecule has 0 unspecified atom stereocenters. The van der Waals surface area contributed by atoms with E-state index in [1.165, 1.54) is 7.11 Å². The van der Waals surface area contributed by atoms with E-state index < -0.39 is 0 Å². The standard InChI is InChI=1S/C14H23NO4/c1-15(11-5-6-11)13(16)9-19-12-7-3-10(4-8-12)14(17)18-2/h10-12H,3-9H2,1-2H3. The Morgan fingerprint density at radius 1 is 1.11 bits per heavy atom. The topological polar surface area (TPSA) is 55.8 Å². The number of amides is 1. The second-order valence-electron chi connectivity index (χ2n) is 5.54. The minimum atomic E-state index is -0.122. The number of nitrogens with zero attached hydrogens (tertiary/aromatic N) is 1. The highest BCUT2D eigenvalue weighted by molar-refractivity contribution is 5.77. The lowest BCUT2D eigenvalue weighted by Gasteiger charge is -2.27. The van der Waals surface area contributed by atoms with Gasteiger partial charge in [0.2, 0.25) is 5.91 Å². The molecular weight excluding hydrogens is 246 g/mol. The van der Waals surface area contributed by atoms with Crippen LogP contribution in [-0.4, -0.2) is 49.7 Å². The molecule has 0 aliphatic heterocycles. The summed E-state index contributed by atoms with van der Waals surface area (Å²) in [5, 5.41) is 0. The van der Waals surface area contributed by atoms with Crippen LogP contribution in [0.1, 0.15) is 38.5 Å². The van der Waals surface area contributed by atoms with Gasteiger partial charge in [0.05, 0.1) is 19.1 Å². The van der Waals surface area contributed by atoms with E-state index in [0.29, 0.717) is 6.04 Å². The highest BCUT2D eigenvalue weighted by Crippen LogP contribution is 2.28. The van der Waals surface area contributed by atoms with Gasteiger partial charge in [0.25, 0.3) is 0 Å². The van der Waals surface area contributed by atoms with Gasteiger partial charge in [0.1, 0.15) is 6.61 Å². The summed E-state index contributed by atoms with van der Waals surface area (Å²) in [7, 11) is 3.27. The largest absolute Gasteiger partial charge is 0.469 e. The van der Waals surface area contributed by atoms with E-state index in [4.69, 9.17) is 9.47 Å². The average molecular weight is 269 g/mol. The number of carbonyl (C=O) groups is 2. The maximum Gasteiger partial charge on any atom is 0.308 e. The van der Waals surface area contributed by atoms with E-state index in [2.05, 4.69) is 0 Å². The first kappa shape index (κ1) is 14.3. The molecule has 0 aromatic carbocycles. The number of likely N-dealkylation sites (N-methyl/N-ethyl adjacent to an activating group) is 1. The summed E-state index contributed by atoms with van der Waals surface area (Å²) in [5.41, 5.74) is 0. The number of ether oxygens (including phenoxy) is 2. The average Bonchev–Trinajstić information content (AvgIpc) is 3.28. The van der Waals surface area contributed by atoms with Gasteiger partial charge in [-0.2, -0.15) is 0 Å². The number of carbonyl (C=O) groups excluding carboxylic acids is 2. The molecule has 0 saturated heterocycles. The smallest absolute Gasteiger partial charge is 0.308 e. The van der Waals surface area contributed by atoms with Gasteiger partial charge >= 0.3 is 5.97 Å². The number of methoxy groups -OCH3 is 1. The first-order chi connectivity index (χ1) is 9.11. The van der Waals surface area contributed by atoms with Crippen molar-refractivity contribution in [2.45, 2.75) is 50.7 Å². The minimum Gasteiger partial charge on any atom is -0.469 e. The molecule has 2 fully saturated rings. The van der Waals surface area contributed by atoms with Crippen LogP contribution in [-0.2, 0) is 19.1 Å². The summed E-state index contributed by atoms with van der Waals surface area (Å²) in [5.74, 6) is -0.0460. The Morgan fingerprint density at radius 3 is 2.26 bits per heavy atom. The zero-order valence-electron chi connectivity index (χ0n) is 11.8. The molecule has 0 bridgehead atoms. The molecule has 2 aliphatic rings. The molecule has 0 N–H and O–H groups in total. The van der Waals surface area contributed by atoms with Gasteiger partial charge in [0.15, 0.2) is 0 Å². The molecular formula is C14H23NO4. The molecule has 2 saturated carbocycles. The van der Waals surface area contributed by atoms with Crippen LogP contribution in [0.2, 0.25) is 0 Å². The Bertz CT molecular complexity index is 332. The third-order valence-corrected chi connectivity index (χ3v) is 4.14. The van der Waals surface area contributed by atoms with Crippen LogP contribution in [0.5, 0.6) is 0 Å². The van der Waals surface area contributed by atoms with E-state index in [1.807, 2.05) is 7.05 Å². The Balaban J connectivity index is 1.65. The van der Waals surface area contributed by atoms with Gasteiger partial charge < -0.3 is 14.4 Å². The molecule has 0 atom stereocenters. The van der Waals surface area contributed by atoms with Crippen LogP contribution in [0.15, 0.2) is 0 Å². The number of hydrogen-bond acceptors (Lipinski definition) is 4. The SMILES string of the molecule is COC(=O)C1CCC(OCC(=O)N(C)C2CC2)CC1. The molecule has 2 rings (SSSR count). The number of hydrogen-bond donors (Lipinski definition) is 0. The van der Waals surface area contributed by atoms with Crippen molar-refractivity contribution >= 4 is 11.9 Å². The van der Waals surface area contributed by atoms with Crippen LogP contribution >= 0.6 is 0 Å². The van der Waals surface area contributed by atoms with Gasteiger partial charge in [-0.05, 0) is 38.5 Å². The van der Waals surface area contributed by atoms with Crippen molar-refractivity contribution in [3.8, 4) is 0 Å². The van der Waals surface area contributed by atoms with Crippen LogP contribution in [0.4, 0.5) is 0 Å². The van der Waals surface area contributed by atoms with Crippen molar-refractivity contribution in [1.29, 1.82) is 0 Å². The monoisotopic (exact) mass is 269 g/mol. The fourth-order valence-electron chi connectivity index (χ4n) is 2.59. The maximum absolute atomic E-state index is 11.8. The number of rotatable bonds is 5. The summed E-state index contributed by atoms with van der Waals surface area (Å²) >= 11 is 0. The van der Waals surface area contributed by atoms with Crippen LogP contribution in [0.25, 0.3) is 0 Å². The van der Waals surface area contributed by atoms with Crippen LogP contribution < -0.4 is 0 Å². The summed E-state index contributed by atoms with van der Waals surface area (Å²) in [6, 6.07) is 0.436. The highest BCUT2D eigenvalue weighted by atomic mass is 16.5. The lowest BCUT2D eigenvalue weighted by Crippen LogP contribution is -2.35. The van der Waals surface area contributed by atoms with Gasteiger partial charge in [-0.25, -0.2) is 0 Å². The van der Waals surface area contributed by atoms with Crippen LogP contribution in [0, 0.1) is 5.92 Å². The summed E-state index contributed by atoms with van der Waals surface area (Å²) in [6.45, 7) is 0.167. The van der Waals surface area contributed by atoms with E-state index in [-0.39, 0.29) is 30.5 Å². The fraction of sp³-hybridized carbons (Fsp3) is 0.857.